The van der Waals surface area contributed by atoms with E-state index in [1.165, 1.54) is 17.7 Å². The molecule has 2 aromatic rings. The van der Waals surface area contributed by atoms with E-state index < -0.39 is 0 Å². The highest BCUT2D eigenvalue weighted by molar-refractivity contribution is 7.15. The van der Waals surface area contributed by atoms with Gasteiger partial charge in [0, 0.05) is 17.0 Å². The molecular formula is C26H32N4O3S. The van der Waals surface area contributed by atoms with E-state index in [1.807, 2.05) is 24.3 Å². The summed E-state index contributed by atoms with van der Waals surface area (Å²) in [4.78, 5) is 33.8. The average Bonchev–Trinajstić information content (AvgIpc) is 3.23. The Balaban J connectivity index is 1.27. The number of fused-ring (bicyclic) bond motifs is 3. The molecule has 180 valence electrons. The summed E-state index contributed by atoms with van der Waals surface area (Å²) in [5.74, 6) is 0.602. The lowest BCUT2D eigenvalue weighted by Gasteiger charge is -2.41. The first-order valence-corrected chi connectivity index (χ1v) is 13.1. The van der Waals surface area contributed by atoms with Gasteiger partial charge in [0.05, 0.1) is 12.2 Å². The normalized spacial score (nSPS) is 24.2. The summed E-state index contributed by atoms with van der Waals surface area (Å²) in [6.45, 7) is 1.14. The van der Waals surface area contributed by atoms with Gasteiger partial charge in [-0.2, -0.15) is 0 Å². The van der Waals surface area contributed by atoms with Gasteiger partial charge in [0.15, 0.2) is 11.7 Å². The quantitative estimate of drug-likeness (QED) is 0.657. The molecule has 7 nitrogen and oxygen atoms in total. The van der Waals surface area contributed by atoms with Crippen LogP contribution in [0.4, 0.5) is 5.13 Å². The van der Waals surface area contributed by atoms with Crippen LogP contribution in [0, 0.1) is 0 Å². The SMILES string of the molecule is O=C(CN1CCC[C@H]2NC(=O)COc3ccccc3C/C=C/C[C@H]21)Nc1nc2c(s1)CCCC2. The Morgan fingerprint density at radius 3 is 3.00 bits per heavy atom. The van der Waals surface area contributed by atoms with Gasteiger partial charge in [-0.3, -0.25) is 14.5 Å². The first kappa shape index (κ1) is 23.1. The van der Waals surface area contributed by atoms with Crippen molar-refractivity contribution in [2.45, 2.75) is 63.5 Å². The minimum absolute atomic E-state index is 0.000846. The number of allylic oxidation sites excluding steroid dienone is 1. The molecule has 2 aliphatic heterocycles. The highest BCUT2D eigenvalue weighted by Gasteiger charge is 2.33. The Morgan fingerprint density at radius 1 is 1.21 bits per heavy atom. The molecule has 0 unspecified atom stereocenters. The number of hydrogen-bond donors (Lipinski definition) is 2. The number of anilines is 1. The molecule has 0 radical (unpaired) electrons. The molecule has 3 aliphatic rings. The van der Waals surface area contributed by atoms with Crippen LogP contribution in [-0.2, 0) is 28.9 Å². The Labute approximate surface area is 204 Å². The number of para-hydroxylation sites is 1. The van der Waals surface area contributed by atoms with Crippen molar-refractivity contribution in [3.05, 3.63) is 52.6 Å². The molecule has 2 atom stereocenters. The predicted octanol–water partition coefficient (Wildman–Crippen LogP) is 3.49. The van der Waals surface area contributed by atoms with Crippen molar-refractivity contribution < 1.29 is 14.3 Å². The fraction of sp³-hybridized carbons (Fsp3) is 0.500. The van der Waals surface area contributed by atoms with Gasteiger partial charge in [-0.25, -0.2) is 4.98 Å². The van der Waals surface area contributed by atoms with Crippen molar-refractivity contribution in [2.24, 2.45) is 0 Å². The van der Waals surface area contributed by atoms with Crippen LogP contribution in [0.1, 0.15) is 48.2 Å². The maximum atomic E-state index is 12.9. The Kier molecular flexibility index (Phi) is 7.25. The van der Waals surface area contributed by atoms with E-state index in [1.54, 1.807) is 11.3 Å². The molecule has 2 N–H and O–H groups in total. The minimum Gasteiger partial charge on any atom is -0.483 e. The second-order valence-electron chi connectivity index (χ2n) is 9.31. The monoisotopic (exact) mass is 480 g/mol. The second kappa shape index (κ2) is 10.7. The summed E-state index contributed by atoms with van der Waals surface area (Å²) in [5, 5.41) is 6.92. The molecule has 0 spiro atoms. The van der Waals surface area contributed by atoms with Crippen molar-refractivity contribution in [2.75, 3.05) is 25.0 Å². The van der Waals surface area contributed by atoms with E-state index in [0.29, 0.717) is 11.7 Å². The number of nitrogens with zero attached hydrogens (tertiary/aromatic N) is 2. The number of carbonyl (C=O) groups is 2. The van der Waals surface area contributed by atoms with Crippen molar-refractivity contribution in [1.82, 2.24) is 15.2 Å². The van der Waals surface area contributed by atoms with E-state index >= 15 is 0 Å². The van der Waals surface area contributed by atoms with Crippen LogP contribution in [0.3, 0.4) is 0 Å². The van der Waals surface area contributed by atoms with Crippen LogP contribution >= 0.6 is 11.3 Å². The standard InChI is InChI=1S/C26H32N4O3S/c31-24(29-26-28-20-10-3-6-14-23(20)34-26)16-30-15-7-11-19-21(30)12-4-1-8-18-9-2-5-13-22(18)33-17-25(32)27-19/h1-2,4-5,9,13,19,21H,3,6-8,10-12,14-17H2,(H,27,32)(H,28,29,31)/b4-1+/t19-,21-/m1/s1. The zero-order valence-corrected chi connectivity index (χ0v) is 20.2. The number of ether oxygens (including phenoxy) is 1. The second-order valence-corrected chi connectivity index (χ2v) is 10.4. The summed E-state index contributed by atoms with van der Waals surface area (Å²) in [5.41, 5.74) is 2.22. The average molecular weight is 481 g/mol. The summed E-state index contributed by atoms with van der Waals surface area (Å²) in [6.07, 6.45) is 12.2. The molecule has 3 heterocycles. The third kappa shape index (κ3) is 5.50. The molecule has 8 heteroatoms. The van der Waals surface area contributed by atoms with Gasteiger partial charge in [-0.05, 0) is 69.5 Å². The molecule has 34 heavy (non-hydrogen) atoms. The van der Waals surface area contributed by atoms with Crippen molar-refractivity contribution >= 4 is 28.3 Å². The van der Waals surface area contributed by atoms with Crippen LogP contribution < -0.4 is 15.4 Å². The highest BCUT2D eigenvalue weighted by atomic mass is 32.1. The lowest BCUT2D eigenvalue weighted by Crippen LogP contribution is -2.57. The van der Waals surface area contributed by atoms with Crippen molar-refractivity contribution in [1.29, 1.82) is 0 Å². The molecule has 2 amide bonds. The van der Waals surface area contributed by atoms with Crippen LogP contribution in [0.25, 0.3) is 0 Å². The number of aromatic nitrogens is 1. The van der Waals surface area contributed by atoms with Gasteiger partial charge in [0.2, 0.25) is 5.91 Å². The zero-order valence-electron chi connectivity index (χ0n) is 19.4. The first-order chi connectivity index (χ1) is 16.7. The maximum Gasteiger partial charge on any atom is 0.258 e. The molecular weight excluding hydrogens is 448 g/mol. The molecule has 5 rings (SSSR count). The number of carbonyl (C=O) groups excluding carboxylic acids is 2. The van der Waals surface area contributed by atoms with Gasteiger partial charge < -0.3 is 15.4 Å². The van der Waals surface area contributed by atoms with Crippen molar-refractivity contribution in [3.8, 4) is 5.75 Å². The Bertz CT molecular complexity index is 1040. The Hall–Kier alpha value is -2.71. The summed E-state index contributed by atoms with van der Waals surface area (Å²) < 4.78 is 5.82. The molecule has 0 bridgehead atoms. The molecule has 1 aliphatic carbocycles. The van der Waals surface area contributed by atoms with E-state index in [4.69, 9.17) is 4.74 Å². The van der Waals surface area contributed by atoms with Gasteiger partial charge in [-0.15, -0.1) is 11.3 Å². The molecule has 1 aromatic carbocycles. The highest BCUT2D eigenvalue weighted by Crippen LogP contribution is 2.30. The fourth-order valence-electron chi connectivity index (χ4n) is 5.20. The maximum absolute atomic E-state index is 12.9. The summed E-state index contributed by atoms with van der Waals surface area (Å²) >= 11 is 1.61. The number of benzene rings is 1. The van der Waals surface area contributed by atoms with Gasteiger partial charge >= 0.3 is 0 Å². The predicted molar refractivity (Wildman–Crippen MR) is 133 cm³/mol. The van der Waals surface area contributed by atoms with Crippen molar-refractivity contribution in [3.63, 3.8) is 0 Å². The summed E-state index contributed by atoms with van der Waals surface area (Å²) in [7, 11) is 0. The lowest BCUT2D eigenvalue weighted by molar-refractivity contribution is -0.124. The molecule has 0 saturated carbocycles. The number of thiazole rings is 1. The largest absolute Gasteiger partial charge is 0.483 e. The van der Waals surface area contributed by atoms with Gasteiger partial charge in [0.1, 0.15) is 5.75 Å². The lowest BCUT2D eigenvalue weighted by atomic mass is 9.92. The molecule has 1 aromatic heterocycles. The smallest absolute Gasteiger partial charge is 0.258 e. The van der Waals surface area contributed by atoms with Crippen LogP contribution in [0.5, 0.6) is 5.75 Å². The van der Waals surface area contributed by atoms with Crippen LogP contribution in [-0.4, -0.2) is 53.5 Å². The molecule has 1 saturated heterocycles. The van der Waals surface area contributed by atoms with Crippen LogP contribution in [0.15, 0.2) is 36.4 Å². The number of piperidine rings is 1. The van der Waals surface area contributed by atoms with E-state index in [0.717, 1.165) is 62.1 Å². The minimum atomic E-state index is -0.117. The van der Waals surface area contributed by atoms with Gasteiger partial charge in [-0.1, -0.05) is 30.4 Å². The number of nitrogens with one attached hydrogen (secondary N) is 2. The number of aryl methyl sites for hydroxylation is 2. The number of amides is 2. The Morgan fingerprint density at radius 2 is 2.09 bits per heavy atom. The van der Waals surface area contributed by atoms with Gasteiger partial charge in [0.25, 0.3) is 5.91 Å². The van der Waals surface area contributed by atoms with Crippen LogP contribution in [0.2, 0.25) is 0 Å². The number of hydrogen-bond acceptors (Lipinski definition) is 6. The topological polar surface area (TPSA) is 83.6 Å². The van der Waals surface area contributed by atoms with E-state index in [-0.39, 0.29) is 30.5 Å². The number of rotatable bonds is 3. The van der Waals surface area contributed by atoms with E-state index in [9.17, 15) is 9.59 Å². The van der Waals surface area contributed by atoms with E-state index in [2.05, 4.69) is 32.7 Å². The third-order valence-electron chi connectivity index (χ3n) is 6.89. The third-order valence-corrected chi connectivity index (χ3v) is 7.97. The summed E-state index contributed by atoms with van der Waals surface area (Å²) in [6, 6.07) is 7.90. The fourth-order valence-corrected chi connectivity index (χ4v) is 6.27. The first-order valence-electron chi connectivity index (χ1n) is 12.3. The molecule has 1 fully saturated rings. The number of likely N-dealkylation sites (tertiary alicyclic amines) is 1. The zero-order chi connectivity index (χ0) is 23.3.